The van der Waals surface area contributed by atoms with Crippen molar-refractivity contribution in [3.63, 3.8) is 0 Å². The van der Waals surface area contributed by atoms with Gasteiger partial charge in [0.1, 0.15) is 6.04 Å². The van der Waals surface area contributed by atoms with Crippen LogP contribution in [0.15, 0.2) is 23.8 Å². The quantitative estimate of drug-likeness (QED) is 0.577. The first kappa shape index (κ1) is 7.02. The van der Waals surface area contributed by atoms with Crippen molar-refractivity contribution in [2.24, 2.45) is 5.73 Å². The first-order chi connectivity index (χ1) is 4.72. The number of aliphatic carboxylic acids is 1. The molecule has 0 amide bonds. The largest absolute Gasteiger partial charge is 0.480 e. The van der Waals surface area contributed by atoms with E-state index < -0.39 is 12.0 Å². The van der Waals surface area contributed by atoms with Crippen LogP contribution in [0.5, 0.6) is 0 Å². The summed E-state index contributed by atoms with van der Waals surface area (Å²) in [4.78, 5) is 10.3. The fourth-order valence-electron chi connectivity index (χ4n) is 0.853. The van der Waals surface area contributed by atoms with Gasteiger partial charge >= 0.3 is 5.97 Å². The molecule has 54 valence electrons. The zero-order valence-corrected chi connectivity index (χ0v) is 5.45. The monoisotopic (exact) mass is 139 g/mol. The van der Waals surface area contributed by atoms with E-state index in [0.29, 0.717) is 6.42 Å². The van der Waals surface area contributed by atoms with Crippen molar-refractivity contribution < 1.29 is 9.90 Å². The van der Waals surface area contributed by atoms with Crippen LogP contribution < -0.4 is 5.73 Å². The summed E-state index contributed by atoms with van der Waals surface area (Å²) in [7, 11) is 0. The number of rotatable bonds is 2. The third-order valence-corrected chi connectivity index (χ3v) is 1.47. The molecule has 3 N–H and O–H groups in total. The fraction of sp³-hybridized carbons (Fsp3) is 0.286. The lowest BCUT2D eigenvalue weighted by Crippen LogP contribution is -2.31. The molecule has 0 saturated carbocycles. The molecule has 0 aliphatic heterocycles. The van der Waals surface area contributed by atoms with Crippen LogP contribution in [-0.2, 0) is 4.79 Å². The third-order valence-electron chi connectivity index (χ3n) is 1.47. The van der Waals surface area contributed by atoms with Crippen LogP contribution in [0.3, 0.4) is 0 Å². The summed E-state index contributed by atoms with van der Waals surface area (Å²) in [6.07, 6.45) is 6.13. The molecule has 1 unspecified atom stereocenters. The highest BCUT2D eigenvalue weighted by Gasteiger charge is 2.16. The van der Waals surface area contributed by atoms with Gasteiger partial charge in [-0.05, 0) is 12.0 Å². The van der Waals surface area contributed by atoms with Crippen LogP contribution in [0, 0.1) is 0 Å². The van der Waals surface area contributed by atoms with Gasteiger partial charge < -0.3 is 10.8 Å². The van der Waals surface area contributed by atoms with E-state index in [4.69, 9.17) is 10.8 Å². The van der Waals surface area contributed by atoms with Gasteiger partial charge in [-0.2, -0.15) is 0 Å². The Bertz CT molecular complexity index is 206. The maximum atomic E-state index is 10.3. The van der Waals surface area contributed by atoms with Crippen molar-refractivity contribution >= 4 is 5.97 Å². The number of carboxylic acids is 1. The van der Waals surface area contributed by atoms with Crippen LogP contribution in [0.2, 0.25) is 0 Å². The standard InChI is InChI=1S/C7H9NO2/c8-6(7(9)10)5-3-1-2-4-5/h1-3,6H,4,8H2,(H,9,10). The molecule has 0 aromatic rings. The summed E-state index contributed by atoms with van der Waals surface area (Å²) < 4.78 is 0. The maximum Gasteiger partial charge on any atom is 0.324 e. The summed E-state index contributed by atoms with van der Waals surface area (Å²) in [5, 5.41) is 8.45. The minimum atomic E-state index is -0.963. The molecule has 0 saturated heterocycles. The molecule has 0 spiro atoms. The van der Waals surface area contributed by atoms with Gasteiger partial charge in [0.2, 0.25) is 0 Å². The zero-order valence-electron chi connectivity index (χ0n) is 5.45. The lowest BCUT2D eigenvalue weighted by atomic mass is 10.1. The molecule has 1 rings (SSSR count). The van der Waals surface area contributed by atoms with E-state index in [9.17, 15) is 4.79 Å². The zero-order chi connectivity index (χ0) is 7.56. The molecule has 3 nitrogen and oxygen atoms in total. The number of allylic oxidation sites excluding steroid dienone is 3. The second kappa shape index (κ2) is 2.66. The molecule has 0 bridgehead atoms. The molecule has 0 radical (unpaired) electrons. The normalized spacial score (nSPS) is 18.7. The summed E-state index contributed by atoms with van der Waals surface area (Å²) >= 11 is 0. The lowest BCUT2D eigenvalue weighted by molar-refractivity contribution is -0.137. The van der Waals surface area contributed by atoms with Crippen molar-refractivity contribution in [3.05, 3.63) is 23.8 Å². The molecular formula is C7H9NO2. The van der Waals surface area contributed by atoms with Crippen molar-refractivity contribution in [1.29, 1.82) is 0 Å². The van der Waals surface area contributed by atoms with Gasteiger partial charge in [-0.3, -0.25) is 4.79 Å². The molecule has 1 atom stereocenters. The van der Waals surface area contributed by atoms with Crippen LogP contribution in [0.4, 0.5) is 0 Å². The molecule has 0 fully saturated rings. The van der Waals surface area contributed by atoms with Crippen molar-refractivity contribution in [3.8, 4) is 0 Å². The molecular weight excluding hydrogens is 130 g/mol. The summed E-state index contributed by atoms with van der Waals surface area (Å²) in [6, 6.07) is -0.824. The number of hydrogen-bond acceptors (Lipinski definition) is 2. The van der Waals surface area contributed by atoms with Gasteiger partial charge in [0.15, 0.2) is 0 Å². The number of nitrogens with two attached hydrogens (primary N) is 1. The van der Waals surface area contributed by atoms with E-state index in [2.05, 4.69) is 0 Å². The minimum Gasteiger partial charge on any atom is -0.480 e. The SMILES string of the molecule is NC(C(=O)O)C1=CC=CC1. The van der Waals surface area contributed by atoms with Gasteiger partial charge in [0.25, 0.3) is 0 Å². The molecule has 0 aromatic carbocycles. The first-order valence-corrected chi connectivity index (χ1v) is 3.06. The number of carboxylic acid groups (broad SMARTS) is 1. The Morgan fingerprint density at radius 1 is 1.80 bits per heavy atom. The predicted octanol–water partition coefficient (Wildman–Crippen LogP) is 0.285. The van der Waals surface area contributed by atoms with Crippen LogP contribution in [0.1, 0.15) is 6.42 Å². The predicted molar refractivity (Wildman–Crippen MR) is 37.5 cm³/mol. The van der Waals surface area contributed by atoms with Crippen molar-refractivity contribution in [2.75, 3.05) is 0 Å². The van der Waals surface area contributed by atoms with E-state index in [1.807, 2.05) is 12.2 Å². The van der Waals surface area contributed by atoms with E-state index in [1.165, 1.54) is 0 Å². The Labute approximate surface area is 58.8 Å². The Morgan fingerprint density at radius 3 is 2.90 bits per heavy atom. The molecule has 1 aliphatic carbocycles. The molecule has 1 aliphatic rings. The average molecular weight is 139 g/mol. The highest BCUT2D eigenvalue weighted by atomic mass is 16.4. The first-order valence-electron chi connectivity index (χ1n) is 3.06. The molecule has 0 aromatic heterocycles. The summed E-state index contributed by atoms with van der Waals surface area (Å²) in [5.41, 5.74) is 6.08. The Morgan fingerprint density at radius 2 is 2.50 bits per heavy atom. The van der Waals surface area contributed by atoms with Gasteiger partial charge in [-0.25, -0.2) is 0 Å². The van der Waals surface area contributed by atoms with Gasteiger partial charge in [-0.1, -0.05) is 18.2 Å². The van der Waals surface area contributed by atoms with E-state index in [0.717, 1.165) is 5.57 Å². The van der Waals surface area contributed by atoms with Crippen molar-refractivity contribution in [2.45, 2.75) is 12.5 Å². The topological polar surface area (TPSA) is 63.3 Å². The van der Waals surface area contributed by atoms with Gasteiger partial charge in [0, 0.05) is 0 Å². The van der Waals surface area contributed by atoms with Gasteiger partial charge in [-0.15, -0.1) is 0 Å². The van der Waals surface area contributed by atoms with Crippen molar-refractivity contribution in [1.82, 2.24) is 0 Å². The van der Waals surface area contributed by atoms with Gasteiger partial charge in [0.05, 0.1) is 0 Å². The molecule has 10 heavy (non-hydrogen) atoms. The number of carbonyl (C=O) groups is 1. The summed E-state index contributed by atoms with van der Waals surface area (Å²) in [6.45, 7) is 0. The smallest absolute Gasteiger partial charge is 0.324 e. The van der Waals surface area contributed by atoms with Crippen LogP contribution >= 0.6 is 0 Å². The second-order valence-electron chi connectivity index (χ2n) is 2.19. The Hall–Kier alpha value is -1.09. The lowest BCUT2D eigenvalue weighted by Gasteiger charge is -2.05. The van der Waals surface area contributed by atoms with Crippen LogP contribution in [-0.4, -0.2) is 17.1 Å². The maximum absolute atomic E-state index is 10.3. The van der Waals surface area contributed by atoms with Crippen LogP contribution in [0.25, 0.3) is 0 Å². The Kier molecular flexibility index (Phi) is 1.87. The molecule has 0 heterocycles. The number of hydrogen-bond donors (Lipinski definition) is 2. The molecule has 3 heteroatoms. The third kappa shape index (κ3) is 1.25. The minimum absolute atomic E-state index is 0.674. The fourth-order valence-corrected chi connectivity index (χ4v) is 0.853. The Balaban J connectivity index is 2.59. The average Bonchev–Trinajstić information content (AvgIpc) is 2.36. The van der Waals surface area contributed by atoms with E-state index >= 15 is 0 Å². The second-order valence-corrected chi connectivity index (χ2v) is 2.19. The summed E-state index contributed by atoms with van der Waals surface area (Å²) in [5.74, 6) is -0.963. The highest BCUT2D eigenvalue weighted by Crippen LogP contribution is 2.12. The highest BCUT2D eigenvalue weighted by molar-refractivity contribution is 5.77. The van der Waals surface area contributed by atoms with E-state index in [-0.39, 0.29) is 0 Å². The van der Waals surface area contributed by atoms with E-state index in [1.54, 1.807) is 6.08 Å².